The van der Waals surface area contributed by atoms with Gasteiger partial charge in [0, 0.05) is 34.8 Å². The SMILES string of the molecule is CCN(CC)CCn1c2ccccc2c2ccc3nc(Cl)ccc3c21. The van der Waals surface area contributed by atoms with Gasteiger partial charge >= 0.3 is 0 Å². The molecule has 2 aromatic heterocycles. The summed E-state index contributed by atoms with van der Waals surface area (Å²) in [6.45, 7) is 8.59. The minimum Gasteiger partial charge on any atom is -0.339 e. The molecule has 0 atom stereocenters. The average molecular weight is 352 g/mol. The Bertz CT molecular complexity index is 1050. The van der Waals surface area contributed by atoms with E-state index in [0.717, 1.165) is 37.1 Å². The lowest BCUT2D eigenvalue weighted by molar-refractivity contribution is 0.293. The molecule has 4 aromatic rings. The second-order valence-electron chi connectivity index (χ2n) is 6.36. The second-order valence-corrected chi connectivity index (χ2v) is 6.75. The Labute approximate surface area is 152 Å². The molecule has 0 radical (unpaired) electrons. The lowest BCUT2D eigenvalue weighted by Gasteiger charge is -2.19. The predicted molar refractivity (Wildman–Crippen MR) is 108 cm³/mol. The molecule has 0 aliphatic carbocycles. The molecule has 4 heteroatoms. The molecule has 2 heterocycles. The number of benzene rings is 2. The van der Waals surface area contributed by atoms with Crippen molar-refractivity contribution < 1.29 is 0 Å². The molecule has 0 saturated heterocycles. The topological polar surface area (TPSA) is 21.1 Å². The summed E-state index contributed by atoms with van der Waals surface area (Å²) in [5.41, 5.74) is 3.49. The predicted octanol–water partition coefficient (Wildman–Crippen LogP) is 5.34. The maximum Gasteiger partial charge on any atom is 0.129 e. The third-order valence-electron chi connectivity index (χ3n) is 5.10. The van der Waals surface area contributed by atoms with Crippen LogP contribution in [0.3, 0.4) is 0 Å². The van der Waals surface area contributed by atoms with E-state index in [1.807, 2.05) is 6.07 Å². The summed E-state index contributed by atoms with van der Waals surface area (Å²) in [6, 6.07) is 16.9. The number of hydrogen-bond donors (Lipinski definition) is 0. The van der Waals surface area contributed by atoms with Crippen molar-refractivity contribution in [2.75, 3.05) is 19.6 Å². The first-order valence-electron chi connectivity index (χ1n) is 8.91. The monoisotopic (exact) mass is 351 g/mol. The van der Waals surface area contributed by atoms with E-state index >= 15 is 0 Å². The van der Waals surface area contributed by atoms with Crippen LogP contribution in [0, 0.1) is 0 Å². The highest BCUT2D eigenvalue weighted by Crippen LogP contribution is 2.34. The molecule has 0 fully saturated rings. The second kappa shape index (κ2) is 6.66. The largest absolute Gasteiger partial charge is 0.339 e. The third kappa shape index (κ3) is 2.78. The van der Waals surface area contributed by atoms with Crippen LogP contribution in [0.1, 0.15) is 13.8 Å². The van der Waals surface area contributed by atoms with Crippen LogP contribution in [0.25, 0.3) is 32.7 Å². The molecule has 128 valence electrons. The Balaban J connectivity index is 1.99. The summed E-state index contributed by atoms with van der Waals surface area (Å²) >= 11 is 6.10. The van der Waals surface area contributed by atoms with Gasteiger partial charge in [-0.15, -0.1) is 0 Å². The standard InChI is InChI=1S/C21H22ClN3/c1-3-24(4-2)13-14-25-19-8-6-5-7-15(19)16-9-11-18-17(21(16)25)10-12-20(22)23-18/h5-12H,3-4,13-14H2,1-2H3. The maximum absolute atomic E-state index is 6.10. The number of fused-ring (bicyclic) bond motifs is 5. The highest BCUT2D eigenvalue weighted by molar-refractivity contribution is 6.30. The molecule has 0 aliphatic heterocycles. The lowest BCUT2D eigenvalue weighted by Crippen LogP contribution is -2.27. The number of rotatable bonds is 5. The first-order valence-corrected chi connectivity index (χ1v) is 9.29. The Morgan fingerprint density at radius 1 is 0.920 bits per heavy atom. The molecule has 25 heavy (non-hydrogen) atoms. The molecule has 4 rings (SSSR count). The van der Waals surface area contributed by atoms with Crippen LogP contribution in [0.4, 0.5) is 0 Å². The Hall–Kier alpha value is -2.10. The average Bonchev–Trinajstić information content (AvgIpc) is 2.96. The smallest absolute Gasteiger partial charge is 0.129 e. The highest BCUT2D eigenvalue weighted by Gasteiger charge is 2.14. The highest BCUT2D eigenvalue weighted by atomic mass is 35.5. The molecule has 0 unspecified atom stereocenters. The fourth-order valence-electron chi connectivity index (χ4n) is 3.74. The van der Waals surface area contributed by atoms with Crippen LogP contribution in [-0.4, -0.2) is 34.1 Å². The molecule has 0 bridgehead atoms. The fraction of sp³-hybridized carbons (Fsp3) is 0.286. The van der Waals surface area contributed by atoms with Gasteiger partial charge in [-0.2, -0.15) is 0 Å². The minimum atomic E-state index is 0.539. The molecule has 0 spiro atoms. The van der Waals surface area contributed by atoms with Gasteiger partial charge in [0.25, 0.3) is 0 Å². The Morgan fingerprint density at radius 3 is 2.48 bits per heavy atom. The molecule has 0 aliphatic rings. The normalized spacial score (nSPS) is 12.0. The summed E-state index contributed by atoms with van der Waals surface area (Å²) in [5.74, 6) is 0. The van der Waals surface area contributed by atoms with E-state index in [9.17, 15) is 0 Å². The molecule has 2 aromatic carbocycles. The van der Waals surface area contributed by atoms with Crippen molar-refractivity contribution in [3.05, 3.63) is 53.7 Å². The number of para-hydroxylation sites is 1. The van der Waals surface area contributed by atoms with Crippen molar-refractivity contribution in [3.8, 4) is 0 Å². The van der Waals surface area contributed by atoms with E-state index in [0.29, 0.717) is 5.15 Å². The molecule has 3 nitrogen and oxygen atoms in total. The van der Waals surface area contributed by atoms with Crippen molar-refractivity contribution in [3.63, 3.8) is 0 Å². The van der Waals surface area contributed by atoms with E-state index in [2.05, 4.69) is 70.8 Å². The molecular formula is C21H22ClN3. The van der Waals surface area contributed by atoms with Crippen molar-refractivity contribution >= 4 is 44.3 Å². The van der Waals surface area contributed by atoms with Gasteiger partial charge in [0.1, 0.15) is 5.15 Å². The van der Waals surface area contributed by atoms with Crippen LogP contribution >= 0.6 is 11.6 Å². The number of nitrogens with zero attached hydrogens (tertiary/aromatic N) is 3. The van der Waals surface area contributed by atoms with E-state index < -0.39 is 0 Å². The summed E-state index contributed by atoms with van der Waals surface area (Å²) in [6.07, 6.45) is 0. The number of aromatic nitrogens is 2. The minimum absolute atomic E-state index is 0.539. The first kappa shape index (κ1) is 16.4. The number of halogens is 1. The summed E-state index contributed by atoms with van der Waals surface area (Å²) in [4.78, 5) is 6.97. The molecular weight excluding hydrogens is 330 g/mol. The van der Waals surface area contributed by atoms with Gasteiger partial charge < -0.3 is 9.47 Å². The van der Waals surface area contributed by atoms with Gasteiger partial charge in [-0.05, 0) is 37.4 Å². The zero-order valence-corrected chi connectivity index (χ0v) is 15.4. The third-order valence-corrected chi connectivity index (χ3v) is 5.31. The molecule has 0 N–H and O–H groups in total. The van der Waals surface area contributed by atoms with Crippen molar-refractivity contribution in [1.82, 2.24) is 14.5 Å². The van der Waals surface area contributed by atoms with Gasteiger partial charge in [-0.25, -0.2) is 4.98 Å². The molecule has 0 saturated carbocycles. The quantitative estimate of drug-likeness (QED) is 0.453. The van der Waals surface area contributed by atoms with Gasteiger partial charge in [0.15, 0.2) is 0 Å². The summed E-state index contributed by atoms with van der Waals surface area (Å²) in [5, 5.41) is 4.29. The zero-order chi connectivity index (χ0) is 17.4. The van der Waals surface area contributed by atoms with E-state index in [4.69, 9.17) is 11.6 Å². The number of hydrogen-bond acceptors (Lipinski definition) is 2. The Kier molecular flexibility index (Phi) is 4.36. The fourth-order valence-corrected chi connectivity index (χ4v) is 3.90. The van der Waals surface area contributed by atoms with Gasteiger partial charge in [-0.3, -0.25) is 0 Å². The van der Waals surface area contributed by atoms with E-state index in [1.54, 1.807) is 0 Å². The van der Waals surface area contributed by atoms with E-state index in [-0.39, 0.29) is 0 Å². The van der Waals surface area contributed by atoms with Gasteiger partial charge in [-0.1, -0.05) is 49.7 Å². The van der Waals surface area contributed by atoms with Crippen LogP contribution in [0.5, 0.6) is 0 Å². The molecule has 0 amide bonds. The van der Waals surface area contributed by atoms with Crippen LogP contribution < -0.4 is 0 Å². The van der Waals surface area contributed by atoms with Gasteiger partial charge in [0.2, 0.25) is 0 Å². The van der Waals surface area contributed by atoms with E-state index in [1.165, 1.54) is 21.8 Å². The van der Waals surface area contributed by atoms with Crippen molar-refractivity contribution in [1.29, 1.82) is 0 Å². The first-order chi connectivity index (χ1) is 12.2. The van der Waals surface area contributed by atoms with Crippen LogP contribution in [-0.2, 0) is 6.54 Å². The summed E-state index contributed by atoms with van der Waals surface area (Å²) in [7, 11) is 0. The Morgan fingerprint density at radius 2 is 1.68 bits per heavy atom. The lowest BCUT2D eigenvalue weighted by atomic mass is 10.1. The van der Waals surface area contributed by atoms with Crippen LogP contribution in [0.2, 0.25) is 5.15 Å². The summed E-state index contributed by atoms with van der Waals surface area (Å²) < 4.78 is 2.45. The van der Waals surface area contributed by atoms with Crippen LogP contribution in [0.15, 0.2) is 48.5 Å². The number of likely N-dealkylation sites (N-methyl/N-ethyl adjacent to an activating group) is 1. The van der Waals surface area contributed by atoms with Crippen molar-refractivity contribution in [2.24, 2.45) is 0 Å². The van der Waals surface area contributed by atoms with Gasteiger partial charge in [0.05, 0.1) is 11.0 Å². The van der Waals surface area contributed by atoms with Crippen molar-refractivity contribution in [2.45, 2.75) is 20.4 Å². The number of pyridine rings is 1. The zero-order valence-electron chi connectivity index (χ0n) is 14.7. The maximum atomic E-state index is 6.10.